The maximum absolute atomic E-state index is 12.2. The van der Waals surface area contributed by atoms with Crippen LogP contribution < -0.4 is 11.0 Å². The Labute approximate surface area is 145 Å². The van der Waals surface area contributed by atoms with Crippen molar-refractivity contribution >= 4 is 23.6 Å². The summed E-state index contributed by atoms with van der Waals surface area (Å²) in [5.41, 5.74) is 0.0322. The van der Waals surface area contributed by atoms with Crippen LogP contribution in [0, 0.1) is 6.92 Å². The summed E-state index contributed by atoms with van der Waals surface area (Å²) in [4.78, 5) is 41.8. The molecule has 0 aromatic carbocycles. The van der Waals surface area contributed by atoms with E-state index >= 15 is 0 Å². The molecule has 0 aliphatic heterocycles. The lowest BCUT2D eigenvalue weighted by molar-refractivity contribution is -0.119. The maximum Gasteiger partial charge on any atom is 0.346 e. The molecule has 8 heteroatoms. The van der Waals surface area contributed by atoms with Crippen molar-refractivity contribution in [3.05, 3.63) is 21.7 Å². The number of methoxy groups -OCH3 is 1. The second-order valence-electron chi connectivity index (χ2n) is 5.88. The van der Waals surface area contributed by atoms with Gasteiger partial charge in [-0.15, -0.1) is 0 Å². The van der Waals surface area contributed by atoms with E-state index in [0.717, 1.165) is 37.4 Å². The molecule has 2 rings (SSSR count). The van der Waals surface area contributed by atoms with Gasteiger partial charge < -0.3 is 15.0 Å². The molecule has 1 amide bonds. The van der Waals surface area contributed by atoms with Gasteiger partial charge in [-0.3, -0.25) is 4.79 Å². The van der Waals surface area contributed by atoms with Gasteiger partial charge in [-0.25, -0.2) is 9.59 Å². The lowest BCUT2D eigenvalue weighted by atomic mass is 10.1. The fourth-order valence-electron chi connectivity index (χ4n) is 2.83. The van der Waals surface area contributed by atoms with E-state index < -0.39 is 11.7 Å². The fraction of sp³-hybridized carbons (Fsp3) is 0.625. The highest BCUT2D eigenvalue weighted by Crippen LogP contribution is 2.22. The quantitative estimate of drug-likeness (QED) is 0.362. The Morgan fingerprint density at radius 1 is 1.29 bits per heavy atom. The lowest BCUT2D eigenvalue weighted by Gasteiger charge is -2.16. The van der Waals surface area contributed by atoms with Crippen molar-refractivity contribution in [3.63, 3.8) is 0 Å². The van der Waals surface area contributed by atoms with Crippen LogP contribution in [0.25, 0.3) is 0 Å². The summed E-state index contributed by atoms with van der Waals surface area (Å²) in [6, 6.07) is 0.217. The molecule has 0 radical (unpaired) electrons. The zero-order valence-corrected chi connectivity index (χ0v) is 14.8. The molecule has 7 nitrogen and oxygen atoms in total. The number of nitrogens with zero attached hydrogens (tertiary/aromatic N) is 1. The summed E-state index contributed by atoms with van der Waals surface area (Å²) in [5, 5.41) is 3.25. The average Bonchev–Trinajstić information content (AvgIpc) is 2.80. The minimum atomic E-state index is -0.581. The number of hydrogen-bond donors (Lipinski definition) is 2. The van der Waals surface area contributed by atoms with Crippen molar-refractivity contribution in [3.8, 4) is 0 Å². The standard InChI is InChI=1S/C16H23N3O4S/c1-10-13(15(21)23-2)14(19-16(22)17-10)24-9-12(20)18-11-7-5-3-4-6-8-11/h11H,3-9H2,1-2H3,(H,18,20)(H,17,19,22). The zero-order chi connectivity index (χ0) is 17.5. The Morgan fingerprint density at radius 2 is 1.96 bits per heavy atom. The monoisotopic (exact) mass is 353 g/mol. The zero-order valence-electron chi connectivity index (χ0n) is 14.0. The van der Waals surface area contributed by atoms with Crippen LogP contribution in [-0.2, 0) is 9.53 Å². The van der Waals surface area contributed by atoms with Crippen LogP contribution in [0.2, 0.25) is 0 Å². The van der Waals surface area contributed by atoms with E-state index in [1.165, 1.54) is 20.0 Å². The molecule has 1 aliphatic rings. The molecule has 0 atom stereocenters. The first-order valence-electron chi connectivity index (χ1n) is 8.12. The Hall–Kier alpha value is -1.83. The number of esters is 1. The van der Waals surface area contributed by atoms with Gasteiger partial charge in [-0.05, 0) is 19.8 Å². The summed E-state index contributed by atoms with van der Waals surface area (Å²) < 4.78 is 4.72. The number of carbonyl (C=O) groups is 2. The van der Waals surface area contributed by atoms with Crippen molar-refractivity contribution in [2.75, 3.05) is 12.9 Å². The van der Waals surface area contributed by atoms with Crippen molar-refractivity contribution < 1.29 is 14.3 Å². The third kappa shape index (κ3) is 5.09. The number of carbonyl (C=O) groups excluding carboxylic acids is 2. The van der Waals surface area contributed by atoms with Gasteiger partial charge in [0.05, 0.1) is 12.9 Å². The number of H-pyrrole nitrogens is 1. The molecule has 1 aliphatic carbocycles. The lowest BCUT2D eigenvalue weighted by Crippen LogP contribution is -2.35. The highest BCUT2D eigenvalue weighted by Gasteiger charge is 2.20. The highest BCUT2D eigenvalue weighted by molar-refractivity contribution is 8.00. The molecule has 1 aromatic rings. The molecule has 1 saturated carbocycles. The number of aryl methyl sites for hydroxylation is 1. The number of rotatable bonds is 5. The fourth-order valence-corrected chi connectivity index (χ4v) is 3.71. The molecule has 1 heterocycles. The van der Waals surface area contributed by atoms with Crippen molar-refractivity contribution in [2.24, 2.45) is 0 Å². The molecule has 0 unspecified atom stereocenters. The van der Waals surface area contributed by atoms with Crippen LogP contribution in [0.1, 0.15) is 54.6 Å². The van der Waals surface area contributed by atoms with Crippen LogP contribution in [0.15, 0.2) is 9.82 Å². The van der Waals surface area contributed by atoms with Gasteiger partial charge in [-0.1, -0.05) is 37.4 Å². The first-order chi connectivity index (χ1) is 11.5. The molecule has 132 valence electrons. The predicted octanol–water partition coefficient (Wildman–Crippen LogP) is 1.80. The summed E-state index contributed by atoms with van der Waals surface area (Å²) in [5.74, 6) is -0.582. The first-order valence-corrected chi connectivity index (χ1v) is 9.11. The van der Waals surface area contributed by atoms with E-state index in [1.54, 1.807) is 6.92 Å². The predicted molar refractivity (Wildman–Crippen MR) is 91.3 cm³/mol. The van der Waals surface area contributed by atoms with Gasteiger partial charge in [0.15, 0.2) is 0 Å². The van der Waals surface area contributed by atoms with Crippen LogP contribution in [0.4, 0.5) is 0 Å². The van der Waals surface area contributed by atoms with Gasteiger partial charge in [-0.2, -0.15) is 4.98 Å². The van der Waals surface area contributed by atoms with Crippen molar-refractivity contribution in [1.82, 2.24) is 15.3 Å². The van der Waals surface area contributed by atoms with E-state index in [4.69, 9.17) is 4.74 Å². The van der Waals surface area contributed by atoms with Crippen LogP contribution in [0.5, 0.6) is 0 Å². The number of hydrogen-bond acceptors (Lipinski definition) is 6. The number of amides is 1. The van der Waals surface area contributed by atoms with Gasteiger partial charge in [0, 0.05) is 11.7 Å². The third-order valence-electron chi connectivity index (χ3n) is 4.04. The second kappa shape index (κ2) is 8.86. The van der Waals surface area contributed by atoms with Crippen LogP contribution in [0.3, 0.4) is 0 Å². The Balaban J connectivity index is 2.01. The minimum absolute atomic E-state index is 0.108. The molecule has 2 N–H and O–H groups in total. The van der Waals surface area contributed by atoms with Crippen molar-refractivity contribution in [1.29, 1.82) is 0 Å². The molecule has 0 saturated heterocycles. The van der Waals surface area contributed by atoms with E-state index in [1.807, 2.05) is 0 Å². The number of thioether (sulfide) groups is 1. The highest BCUT2D eigenvalue weighted by atomic mass is 32.2. The summed E-state index contributed by atoms with van der Waals surface area (Å²) in [6.45, 7) is 1.60. The maximum atomic E-state index is 12.2. The van der Waals surface area contributed by atoms with Gasteiger partial charge >= 0.3 is 11.7 Å². The molecule has 0 bridgehead atoms. The Morgan fingerprint density at radius 3 is 2.58 bits per heavy atom. The molecular weight excluding hydrogens is 330 g/mol. The normalized spacial score (nSPS) is 15.6. The van der Waals surface area contributed by atoms with Crippen LogP contribution in [-0.4, -0.2) is 40.7 Å². The largest absolute Gasteiger partial charge is 0.465 e. The SMILES string of the molecule is COC(=O)c1c(SCC(=O)NC2CCCCCC2)nc(=O)[nH]c1C. The van der Waals surface area contributed by atoms with Crippen molar-refractivity contribution in [2.45, 2.75) is 56.5 Å². The minimum Gasteiger partial charge on any atom is -0.465 e. The number of ether oxygens (including phenoxy) is 1. The Kier molecular flexibility index (Phi) is 6.84. The van der Waals surface area contributed by atoms with Crippen LogP contribution >= 0.6 is 11.8 Å². The summed E-state index contributed by atoms with van der Waals surface area (Å²) in [6.07, 6.45) is 6.73. The second-order valence-corrected chi connectivity index (χ2v) is 6.85. The number of aromatic amines is 1. The molecule has 24 heavy (non-hydrogen) atoms. The molecule has 1 fully saturated rings. The number of nitrogens with one attached hydrogen (secondary N) is 2. The topological polar surface area (TPSA) is 101 Å². The van der Waals surface area contributed by atoms with Gasteiger partial charge in [0.2, 0.25) is 5.91 Å². The summed E-state index contributed by atoms with van der Waals surface area (Å²) >= 11 is 1.08. The Bertz CT molecular complexity index is 651. The van der Waals surface area contributed by atoms with Gasteiger partial charge in [0.25, 0.3) is 0 Å². The molecular formula is C16H23N3O4S. The van der Waals surface area contributed by atoms with E-state index in [0.29, 0.717) is 5.69 Å². The summed E-state index contributed by atoms with van der Waals surface area (Å²) in [7, 11) is 1.26. The van der Waals surface area contributed by atoms with E-state index in [2.05, 4.69) is 15.3 Å². The average molecular weight is 353 g/mol. The number of aromatic nitrogens is 2. The van der Waals surface area contributed by atoms with E-state index in [9.17, 15) is 14.4 Å². The molecule has 0 spiro atoms. The molecule has 1 aromatic heterocycles. The third-order valence-corrected chi connectivity index (χ3v) is 5.01. The smallest absolute Gasteiger partial charge is 0.346 e. The van der Waals surface area contributed by atoms with Gasteiger partial charge in [0.1, 0.15) is 10.6 Å². The first kappa shape index (κ1) is 18.5. The van der Waals surface area contributed by atoms with E-state index in [-0.39, 0.29) is 28.3 Å².